The van der Waals surface area contributed by atoms with Crippen molar-refractivity contribution in [3.63, 3.8) is 0 Å². The molecule has 1 heterocycles. The minimum Gasteiger partial charge on any atom is -0.434 e. The van der Waals surface area contributed by atoms with Gasteiger partial charge in [-0.15, -0.1) is 11.8 Å². The second-order valence-corrected chi connectivity index (χ2v) is 10.2. The lowest BCUT2D eigenvalue weighted by atomic mass is 9.95. The monoisotopic (exact) mass is 514 g/mol. The lowest BCUT2D eigenvalue weighted by Crippen LogP contribution is -2.05. The molecule has 1 aliphatic rings. The zero-order chi connectivity index (χ0) is 24.4. The Hall–Kier alpha value is -2.61. The number of H-pyrrole nitrogens is 1. The minimum atomic E-state index is -2.94. The number of hydrogen-bond donors (Lipinski definition) is 2. The summed E-state index contributed by atoms with van der Waals surface area (Å²) in [4.78, 5) is 9.39. The molecule has 4 nitrogen and oxygen atoms in total. The lowest BCUT2D eigenvalue weighted by molar-refractivity contribution is -0.0494. The maximum atomic E-state index is 12.9. The summed E-state index contributed by atoms with van der Waals surface area (Å²) in [6.07, 6.45) is 3.19. The van der Waals surface area contributed by atoms with E-state index in [2.05, 4.69) is 29.2 Å². The summed E-state index contributed by atoms with van der Waals surface area (Å²) in [6.45, 7) is -2.92. The molecule has 35 heavy (non-hydrogen) atoms. The molecule has 4 aromatic rings. The molecule has 0 spiro atoms. The van der Waals surface area contributed by atoms with E-state index in [9.17, 15) is 13.9 Å². The molecule has 1 atom stereocenters. The van der Waals surface area contributed by atoms with Crippen molar-refractivity contribution in [2.75, 3.05) is 12.4 Å². The topological polar surface area (TPSA) is 58.1 Å². The van der Waals surface area contributed by atoms with E-state index in [-0.39, 0.29) is 18.3 Å². The van der Waals surface area contributed by atoms with Crippen LogP contribution in [-0.2, 0) is 0 Å². The summed E-state index contributed by atoms with van der Waals surface area (Å²) >= 11 is 8.44. The fourth-order valence-electron chi connectivity index (χ4n) is 4.19. The van der Waals surface area contributed by atoms with Crippen LogP contribution in [0.25, 0.3) is 22.2 Å². The molecule has 5 rings (SSSR count). The van der Waals surface area contributed by atoms with Crippen LogP contribution >= 0.6 is 23.4 Å². The van der Waals surface area contributed by atoms with Crippen LogP contribution in [0.1, 0.15) is 36.6 Å². The van der Waals surface area contributed by atoms with Crippen molar-refractivity contribution in [1.29, 1.82) is 0 Å². The van der Waals surface area contributed by atoms with Crippen molar-refractivity contribution in [1.82, 2.24) is 9.97 Å². The standard InChI is InChI=1S/C27H25ClF2N2O2S/c28-22-14-24-23(13-21(22)20-3-1-2-4-25(20)34-27(29)30)31-26(32-24)19(11-12-33)17-7-9-18(10-8-17)35-15-16-5-6-16/h1-4,7-10,13-14,16,19,27,33H,5-6,11-12,15H2,(H,31,32). The highest BCUT2D eigenvalue weighted by Crippen LogP contribution is 2.39. The number of aliphatic hydroxyl groups excluding tert-OH is 1. The van der Waals surface area contributed by atoms with E-state index >= 15 is 0 Å². The maximum Gasteiger partial charge on any atom is 0.387 e. The SMILES string of the molecule is OCCC(c1ccc(SCC2CC2)cc1)c1nc2cc(-c3ccccc3OC(F)F)c(Cl)cc2[nH]1. The van der Waals surface area contributed by atoms with Gasteiger partial charge in [-0.1, -0.05) is 41.9 Å². The first-order valence-corrected chi connectivity index (χ1v) is 12.9. The molecule has 0 bridgehead atoms. The molecule has 8 heteroatoms. The number of rotatable bonds is 10. The van der Waals surface area contributed by atoms with Gasteiger partial charge in [0.05, 0.1) is 16.1 Å². The van der Waals surface area contributed by atoms with E-state index in [1.54, 1.807) is 30.3 Å². The fourth-order valence-corrected chi connectivity index (χ4v) is 5.55. The first-order chi connectivity index (χ1) is 17.0. The average molecular weight is 515 g/mol. The smallest absolute Gasteiger partial charge is 0.387 e. The number of nitrogens with zero attached hydrogens (tertiary/aromatic N) is 1. The third kappa shape index (κ3) is 5.63. The molecule has 2 N–H and O–H groups in total. The number of alkyl halides is 2. The molecule has 3 aromatic carbocycles. The largest absolute Gasteiger partial charge is 0.434 e. The quantitative estimate of drug-likeness (QED) is 0.215. The van der Waals surface area contributed by atoms with E-state index in [0.717, 1.165) is 28.6 Å². The molecule has 0 amide bonds. The molecule has 0 saturated heterocycles. The Morgan fingerprint density at radius 1 is 1.09 bits per heavy atom. The van der Waals surface area contributed by atoms with E-state index in [1.807, 2.05) is 11.8 Å². The zero-order valence-corrected chi connectivity index (χ0v) is 20.5. The van der Waals surface area contributed by atoms with Gasteiger partial charge in [-0.25, -0.2) is 4.98 Å². The average Bonchev–Trinajstić information content (AvgIpc) is 3.59. The number of aromatic nitrogens is 2. The predicted octanol–water partition coefficient (Wildman–Crippen LogP) is 7.50. The number of aromatic amines is 1. The number of fused-ring (bicyclic) bond motifs is 1. The summed E-state index contributed by atoms with van der Waals surface area (Å²) in [7, 11) is 0. The van der Waals surface area contributed by atoms with Crippen molar-refractivity contribution >= 4 is 34.4 Å². The highest BCUT2D eigenvalue weighted by Gasteiger charge is 2.22. The molecule has 182 valence electrons. The molecule has 1 saturated carbocycles. The van der Waals surface area contributed by atoms with Crippen LogP contribution in [0.15, 0.2) is 65.6 Å². The molecule has 0 aliphatic heterocycles. The predicted molar refractivity (Wildman–Crippen MR) is 137 cm³/mol. The highest BCUT2D eigenvalue weighted by molar-refractivity contribution is 7.99. The molecule has 1 unspecified atom stereocenters. The van der Waals surface area contributed by atoms with E-state index < -0.39 is 6.61 Å². The third-order valence-electron chi connectivity index (χ3n) is 6.20. The van der Waals surface area contributed by atoms with Crippen LogP contribution in [-0.4, -0.2) is 34.0 Å². The minimum absolute atomic E-state index is 0.0181. The Balaban J connectivity index is 1.46. The van der Waals surface area contributed by atoms with Gasteiger partial charge in [0.2, 0.25) is 0 Å². The van der Waals surface area contributed by atoms with Gasteiger partial charge in [0.15, 0.2) is 0 Å². The Morgan fingerprint density at radius 2 is 1.86 bits per heavy atom. The molecule has 0 radical (unpaired) electrons. The normalized spacial score (nSPS) is 14.5. The number of hydrogen-bond acceptors (Lipinski definition) is 4. The molecule has 1 aliphatic carbocycles. The molecular formula is C27H25ClF2N2O2S. The van der Waals surface area contributed by atoms with Crippen molar-refractivity contribution in [3.8, 4) is 16.9 Å². The van der Waals surface area contributed by atoms with Gasteiger partial charge in [0.1, 0.15) is 11.6 Å². The zero-order valence-electron chi connectivity index (χ0n) is 18.9. The van der Waals surface area contributed by atoms with Crippen LogP contribution in [0.4, 0.5) is 8.78 Å². The van der Waals surface area contributed by atoms with Crippen molar-refractivity contribution in [2.24, 2.45) is 5.92 Å². The van der Waals surface area contributed by atoms with Gasteiger partial charge < -0.3 is 14.8 Å². The second-order valence-electron chi connectivity index (χ2n) is 8.73. The van der Waals surface area contributed by atoms with Gasteiger partial charge >= 0.3 is 6.61 Å². The molecular weight excluding hydrogens is 490 g/mol. The summed E-state index contributed by atoms with van der Waals surface area (Å²) in [6, 6.07) is 18.5. The Morgan fingerprint density at radius 3 is 2.57 bits per heavy atom. The van der Waals surface area contributed by atoms with Gasteiger partial charge in [0.25, 0.3) is 0 Å². The van der Waals surface area contributed by atoms with Crippen LogP contribution in [0.5, 0.6) is 5.75 Å². The summed E-state index contributed by atoms with van der Waals surface area (Å²) in [5, 5.41) is 10.1. The van der Waals surface area contributed by atoms with Gasteiger partial charge in [-0.05, 0) is 61.1 Å². The lowest BCUT2D eigenvalue weighted by Gasteiger charge is -2.14. The van der Waals surface area contributed by atoms with E-state index in [4.69, 9.17) is 21.3 Å². The van der Waals surface area contributed by atoms with Crippen molar-refractivity contribution in [3.05, 3.63) is 77.1 Å². The summed E-state index contributed by atoms with van der Waals surface area (Å²) in [5.74, 6) is 2.68. The summed E-state index contributed by atoms with van der Waals surface area (Å²) < 4.78 is 30.5. The number of ether oxygens (including phenoxy) is 1. The Labute approximate surface area is 211 Å². The van der Waals surface area contributed by atoms with Crippen LogP contribution in [0.2, 0.25) is 5.02 Å². The van der Waals surface area contributed by atoms with Crippen LogP contribution < -0.4 is 4.74 Å². The fraction of sp³-hybridized carbons (Fsp3) is 0.296. The van der Waals surface area contributed by atoms with Crippen LogP contribution in [0, 0.1) is 5.92 Å². The van der Waals surface area contributed by atoms with Crippen molar-refractivity contribution in [2.45, 2.75) is 36.7 Å². The second kappa shape index (κ2) is 10.6. The first-order valence-electron chi connectivity index (χ1n) is 11.6. The number of para-hydroxylation sites is 1. The number of benzene rings is 3. The number of halogens is 3. The number of nitrogens with one attached hydrogen (secondary N) is 1. The molecule has 1 aromatic heterocycles. The number of aliphatic hydroxyl groups is 1. The Bertz CT molecular complexity index is 1310. The highest BCUT2D eigenvalue weighted by atomic mass is 35.5. The van der Waals surface area contributed by atoms with E-state index in [1.165, 1.54) is 23.8 Å². The van der Waals surface area contributed by atoms with Crippen molar-refractivity contribution < 1.29 is 18.6 Å². The van der Waals surface area contributed by atoms with Gasteiger partial charge in [-0.3, -0.25) is 0 Å². The first kappa shape index (κ1) is 24.1. The van der Waals surface area contributed by atoms with Gasteiger partial charge in [0, 0.05) is 34.3 Å². The maximum absolute atomic E-state index is 12.9. The molecule has 1 fully saturated rings. The number of thioether (sulfide) groups is 1. The van der Waals surface area contributed by atoms with E-state index in [0.29, 0.717) is 28.1 Å². The number of imidazole rings is 1. The van der Waals surface area contributed by atoms with Gasteiger partial charge in [-0.2, -0.15) is 8.78 Å². The third-order valence-corrected chi connectivity index (χ3v) is 7.75. The van der Waals surface area contributed by atoms with Crippen LogP contribution in [0.3, 0.4) is 0 Å². The Kier molecular flexibility index (Phi) is 7.27. The summed E-state index contributed by atoms with van der Waals surface area (Å²) in [5.41, 5.74) is 3.49.